The summed E-state index contributed by atoms with van der Waals surface area (Å²) in [5, 5.41) is 2.58. The highest BCUT2D eigenvalue weighted by Gasteiger charge is 2.37. The van der Waals surface area contributed by atoms with Crippen molar-refractivity contribution in [1.29, 1.82) is 0 Å². The molecule has 0 bridgehead atoms. The number of rotatable bonds is 2. The number of likely N-dealkylation sites (tertiary alicyclic amines) is 1. The summed E-state index contributed by atoms with van der Waals surface area (Å²) in [6, 6.07) is 1.01. The summed E-state index contributed by atoms with van der Waals surface area (Å²) in [4.78, 5) is 36.4. The SMILES string of the molecule is Cc1cc(C(=O)NC2CC(=O)N(C)C2=O)sc1Br. The highest BCUT2D eigenvalue weighted by Crippen LogP contribution is 2.27. The topological polar surface area (TPSA) is 66.5 Å². The number of nitrogens with zero attached hydrogens (tertiary/aromatic N) is 1. The van der Waals surface area contributed by atoms with Gasteiger partial charge in [0.25, 0.3) is 11.8 Å². The van der Waals surface area contributed by atoms with Crippen molar-refractivity contribution in [3.05, 3.63) is 20.3 Å². The standard InChI is InChI=1S/C11H11BrN2O3S/c1-5-3-7(18-9(5)12)10(16)13-6-4-8(15)14(2)11(6)17/h3,6H,4H2,1-2H3,(H,13,16). The normalized spacial score (nSPS) is 19.5. The molecular weight excluding hydrogens is 320 g/mol. The van der Waals surface area contributed by atoms with E-state index < -0.39 is 6.04 Å². The second kappa shape index (κ2) is 4.81. The number of imide groups is 1. The van der Waals surface area contributed by atoms with Crippen molar-refractivity contribution in [2.24, 2.45) is 0 Å². The number of carbonyl (C=O) groups is 3. The maximum atomic E-state index is 11.9. The van der Waals surface area contributed by atoms with E-state index in [0.29, 0.717) is 4.88 Å². The second-order valence-electron chi connectivity index (χ2n) is 4.09. The molecule has 0 aliphatic carbocycles. The summed E-state index contributed by atoms with van der Waals surface area (Å²) in [7, 11) is 1.42. The van der Waals surface area contributed by atoms with Gasteiger partial charge >= 0.3 is 0 Å². The number of halogens is 1. The third kappa shape index (κ3) is 2.32. The molecule has 0 spiro atoms. The molecule has 0 radical (unpaired) electrons. The highest BCUT2D eigenvalue weighted by molar-refractivity contribution is 9.11. The molecule has 5 nitrogen and oxygen atoms in total. The molecule has 18 heavy (non-hydrogen) atoms. The number of nitrogens with one attached hydrogen (secondary N) is 1. The van der Waals surface area contributed by atoms with Crippen molar-refractivity contribution in [2.45, 2.75) is 19.4 Å². The van der Waals surface area contributed by atoms with Crippen LogP contribution in [0.1, 0.15) is 21.7 Å². The van der Waals surface area contributed by atoms with Gasteiger partial charge in [-0.2, -0.15) is 0 Å². The van der Waals surface area contributed by atoms with Crippen molar-refractivity contribution < 1.29 is 14.4 Å². The molecule has 96 valence electrons. The predicted octanol–water partition coefficient (Wildman–Crippen LogP) is 1.31. The lowest BCUT2D eigenvalue weighted by Gasteiger charge is -2.09. The van der Waals surface area contributed by atoms with E-state index in [1.54, 1.807) is 6.07 Å². The van der Waals surface area contributed by atoms with E-state index >= 15 is 0 Å². The van der Waals surface area contributed by atoms with E-state index in [0.717, 1.165) is 14.2 Å². The van der Waals surface area contributed by atoms with E-state index in [1.807, 2.05) is 6.92 Å². The Morgan fingerprint density at radius 2 is 2.22 bits per heavy atom. The zero-order chi connectivity index (χ0) is 13.4. The van der Waals surface area contributed by atoms with Gasteiger partial charge in [0.2, 0.25) is 5.91 Å². The quantitative estimate of drug-likeness (QED) is 0.831. The third-order valence-electron chi connectivity index (χ3n) is 2.77. The Morgan fingerprint density at radius 1 is 1.56 bits per heavy atom. The molecule has 3 amide bonds. The molecule has 1 aliphatic heterocycles. The molecule has 2 heterocycles. The van der Waals surface area contributed by atoms with Crippen LogP contribution in [0.3, 0.4) is 0 Å². The monoisotopic (exact) mass is 330 g/mol. The first-order chi connectivity index (χ1) is 8.40. The number of hydrogen-bond acceptors (Lipinski definition) is 4. The maximum absolute atomic E-state index is 11.9. The van der Waals surface area contributed by atoms with Gasteiger partial charge in [0.15, 0.2) is 0 Å². The van der Waals surface area contributed by atoms with Crippen molar-refractivity contribution in [1.82, 2.24) is 10.2 Å². The lowest BCUT2D eigenvalue weighted by atomic mass is 10.2. The van der Waals surface area contributed by atoms with Crippen LogP contribution in [-0.2, 0) is 9.59 Å². The largest absolute Gasteiger partial charge is 0.339 e. The average Bonchev–Trinajstić information content (AvgIpc) is 2.76. The molecule has 2 rings (SSSR count). The fraction of sp³-hybridized carbons (Fsp3) is 0.364. The second-order valence-corrected chi connectivity index (χ2v) is 6.46. The third-order valence-corrected chi connectivity index (χ3v) is 4.90. The summed E-state index contributed by atoms with van der Waals surface area (Å²) in [5.74, 6) is -0.954. The van der Waals surface area contributed by atoms with E-state index in [9.17, 15) is 14.4 Å². The Labute approximate surface area is 116 Å². The molecule has 0 saturated carbocycles. The number of hydrogen-bond donors (Lipinski definition) is 1. The summed E-state index contributed by atoms with van der Waals surface area (Å²) in [6.07, 6.45) is 0.0343. The van der Waals surface area contributed by atoms with Gasteiger partial charge in [-0.3, -0.25) is 19.3 Å². The van der Waals surface area contributed by atoms with E-state index in [1.165, 1.54) is 18.4 Å². The predicted molar refractivity (Wildman–Crippen MR) is 70.4 cm³/mol. The number of aryl methyl sites for hydroxylation is 1. The van der Waals surface area contributed by atoms with Crippen LogP contribution in [0.4, 0.5) is 0 Å². The summed E-state index contributed by atoms with van der Waals surface area (Å²) < 4.78 is 0.888. The molecule has 1 saturated heterocycles. The van der Waals surface area contributed by atoms with Gasteiger partial charge in [-0.05, 0) is 34.5 Å². The van der Waals surface area contributed by atoms with Crippen LogP contribution in [0.25, 0.3) is 0 Å². The van der Waals surface area contributed by atoms with Gasteiger partial charge in [0.05, 0.1) is 15.1 Å². The van der Waals surface area contributed by atoms with Crippen LogP contribution < -0.4 is 5.32 Å². The van der Waals surface area contributed by atoms with Gasteiger partial charge in [-0.1, -0.05) is 0 Å². The van der Waals surface area contributed by atoms with Gasteiger partial charge in [-0.25, -0.2) is 0 Å². The summed E-state index contributed by atoms with van der Waals surface area (Å²) in [6.45, 7) is 1.88. The smallest absolute Gasteiger partial charge is 0.262 e. The molecular formula is C11H11BrN2O3S. The van der Waals surface area contributed by atoms with E-state index in [2.05, 4.69) is 21.2 Å². The lowest BCUT2D eigenvalue weighted by Crippen LogP contribution is -2.40. The van der Waals surface area contributed by atoms with Crippen LogP contribution in [-0.4, -0.2) is 35.7 Å². The Balaban J connectivity index is 2.09. The van der Waals surface area contributed by atoms with Gasteiger partial charge in [0.1, 0.15) is 6.04 Å². The minimum absolute atomic E-state index is 0.0343. The number of thiophene rings is 1. The fourth-order valence-electron chi connectivity index (χ4n) is 1.67. The van der Waals surface area contributed by atoms with Crippen molar-refractivity contribution in [3.63, 3.8) is 0 Å². The molecule has 1 aromatic rings. The number of amides is 3. The summed E-state index contributed by atoms with van der Waals surface area (Å²) >= 11 is 4.64. The molecule has 1 fully saturated rings. The average molecular weight is 331 g/mol. The molecule has 1 aliphatic rings. The Bertz CT molecular complexity index is 521. The van der Waals surface area contributed by atoms with Crippen LogP contribution >= 0.6 is 27.3 Å². The zero-order valence-corrected chi connectivity index (χ0v) is 12.2. The van der Waals surface area contributed by atoms with E-state index in [4.69, 9.17) is 0 Å². The Kier molecular flexibility index (Phi) is 3.54. The minimum atomic E-state index is -0.740. The minimum Gasteiger partial charge on any atom is -0.339 e. The van der Waals surface area contributed by atoms with Gasteiger partial charge in [-0.15, -0.1) is 11.3 Å². The molecule has 1 unspecified atom stereocenters. The number of likely N-dealkylation sites (N-methyl/N-ethyl adjacent to an activating group) is 1. The Hall–Kier alpha value is -1.21. The molecule has 1 aromatic heterocycles. The van der Waals surface area contributed by atoms with Gasteiger partial charge < -0.3 is 5.32 Å². The molecule has 7 heteroatoms. The molecule has 1 N–H and O–H groups in total. The molecule has 0 aromatic carbocycles. The first-order valence-corrected chi connectivity index (χ1v) is 6.88. The first-order valence-electron chi connectivity index (χ1n) is 5.27. The summed E-state index contributed by atoms with van der Waals surface area (Å²) in [5.41, 5.74) is 0.969. The van der Waals surface area contributed by atoms with Crippen LogP contribution in [0, 0.1) is 6.92 Å². The van der Waals surface area contributed by atoms with Crippen molar-refractivity contribution in [2.75, 3.05) is 7.05 Å². The van der Waals surface area contributed by atoms with Crippen molar-refractivity contribution in [3.8, 4) is 0 Å². The van der Waals surface area contributed by atoms with Crippen LogP contribution in [0.15, 0.2) is 9.85 Å². The van der Waals surface area contributed by atoms with Crippen LogP contribution in [0.5, 0.6) is 0 Å². The highest BCUT2D eigenvalue weighted by atomic mass is 79.9. The zero-order valence-electron chi connectivity index (χ0n) is 9.82. The fourth-order valence-corrected chi connectivity index (χ4v) is 3.11. The van der Waals surface area contributed by atoms with Crippen LogP contribution in [0.2, 0.25) is 0 Å². The number of carbonyl (C=O) groups excluding carboxylic acids is 3. The Morgan fingerprint density at radius 3 is 2.67 bits per heavy atom. The van der Waals surface area contributed by atoms with Crippen molar-refractivity contribution >= 4 is 45.0 Å². The first kappa shape index (κ1) is 13.2. The van der Waals surface area contributed by atoms with E-state index in [-0.39, 0.29) is 24.1 Å². The van der Waals surface area contributed by atoms with Gasteiger partial charge in [0, 0.05) is 7.05 Å². The molecule has 1 atom stereocenters. The lowest BCUT2D eigenvalue weighted by molar-refractivity contribution is -0.137. The maximum Gasteiger partial charge on any atom is 0.262 e.